The molecule has 1 heterocycles. The maximum absolute atomic E-state index is 12.5. The number of halogens is 3. The van der Waals surface area contributed by atoms with E-state index in [0.717, 1.165) is 19.1 Å². The molecule has 116 valence electrons. The molecule has 9 heteroatoms. The van der Waals surface area contributed by atoms with Gasteiger partial charge in [0.05, 0.1) is 11.3 Å². The molecule has 6 nitrogen and oxygen atoms in total. The first-order valence-corrected chi connectivity index (χ1v) is 5.99. The number of rotatable bonds is 2. The van der Waals surface area contributed by atoms with Gasteiger partial charge in [-0.3, -0.25) is 19.7 Å². The molecule has 4 amide bonds. The summed E-state index contributed by atoms with van der Waals surface area (Å²) in [5.74, 6) is -4.61. The number of urea groups is 1. The highest BCUT2D eigenvalue weighted by Crippen LogP contribution is 2.31. The number of barbiturate groups is 1. The minimum absolute atomic E-state index is 0.172. The number of hydrogen-bond donors (Lipinski definition) is 1. The molecule has 2 rings (SSSR count). The molecule has 0 bridgehead atoms. The Morgan fingerprint density at radius 3 is 2.14 bits per heavy atom. The SMILES string of the molecule is CC(=O)C1C(=O)NC(=O)N(c2ccc(C(F)(F)F)cc2)C1=O. The lowest BCUT2D eigenvalue weighted by molar-refractivity contribution is -0.140. The Morgan fingerprint density at radius 1 is 1.14 bits per heavy atom. The van der Waals surface area contributed by atoms with Gasteiger partial charge in [0.2, 0.25) is 5.91 Å². The summed E-state index contributed by atoms with van der Waals surface area (Å²) in [5.41, 5.74) is -1.13. The third kappa shape index (κ3) is 2.69. The highest BCUT2D eigenvalue weighted by atomic mass is 19.4. The number of Topliss-reactive ketones (excluding diaryl/α,β-unsaturated/α-hetero) is 1. The second-order valence-corrected chi connectivity index (χ2v) is 4.56. The number of carbonyl (C=O) groups is 4. The molecule has 0 aliphatic carbocycles. The number of nitrogens with one attached hydrogen (secondary N) is 1. The number of ketones is 1. The van der Waals surface area contributed by atoms with Crippen LogP contribution in [-0.4, -0.2) is 23.6 Å². The van der Waals surface area contributed by atoms with Crippen LogP contribution in [0.1, 0.15) is 12.5 Å². The first-order chi connectivity index (χ1) is 10.1. The zero-order chi connectivity index (χ0) is 16.7. The maximum Gasteiger partial charge on any atom is 0.416 e. The number of alkyl halides is 3. The van der Waals surface area contributed by atoms with Crippen LogP contribution < -0.4 is 10.2 Å². The summed E-state index contributed by atoms with van der Waals surface area (Å²) in [4.78, 5) is 47.0. The third-order valence-electron chi connectivity index (χ3n) is 3.02. The third-order valence-corrected chi connectivity index (χ3v) is 3.02. The van der Waals surface area contributed by atoms with E-state index in [1.165, 1.54) is 0 Å². The van der Waals surface area contributed by atoms with Gasteiger partial charge in [0, 0.05) is 0 Å². The number of anilines is 1. The molecular formula is C13H9F3N2O4. The fraction of sp³-hybridized carbons (Fsp3) is 0.231. The fourth-order valence-electron chi connectivity index (χ4n) is 1.98. The van der Waals surface area contributed by atoms with Crippen molar-refractivity contribution in [3.63, 3.8) is 0 Å². The van der Waals surface area contributed by atoms with E-state index in [-0.39, 0.29) is 5.69 Å². The molecule has 1 atom stereocenters. The summed E-state index contributed by atoms with van der Waals surface area (Å²) < 4.78 is 37.5. The van der Waals surface area contributed by atoms with Crippen LogP contribution in [0.4, 0.5) is 23.7 Å². The quantitative estimate of drug-likeness (QED) is 0.838. The largest absolute Gasteiger partial charge is 0.416 e. The number of carbonyl (C=O) groups excluding carboxylic acids is 4. The van der Waals surface area contributed by atoms with Gasteiger partial charge in [-0.05, 0) is 31.2 Å². The molecule has 1 unspecified atom stereocenters. The Balaban J connectivity index is 2.38. The Bertz CT molecular complexity index is 667. The van der Waals surface area contributed by atoms with Crippen LogP contribution in [0.5, 0.6) is 0 Å². The molecule has 22 heavy (non-hydrogen) atoms. The summed E-state index contributed by atoms with van der Waals surface area (Å²) in [6, 6.07) is 2.08. The molecule has 1 aromatic carbocycles. The van der Waals surface area contributed by atoms with E-state index in [1.54, 1.807) is 0 Å². The molecule has 0 saturated carbocycles. The highest BCUT2D eigenvalue weighted by Gasteiger charge is 2.44. The number of hydrogen-bond acceptors (Lipinski definition) is 4. The normalized spacial score (nSPS) is 19.2. The Morgan fingerprint density at radius 2 is 1.68 bits per heavy atom. The lowest BCUT2D eigenvalue weighted by atomic mass is 10.00. The molecule has 0 aromatic heterocycles. The van der Waals surface area contributed by atoms with E-state index >= 15 is 0 Å². The van der Waals surface area contributed by atoms with Crippen molar-refractivity contribution in [2.75, 3.05) is 4.90 Å². The van der Waals surface area contributed by atoms with Crippen molar-refractivity contribution in [1.29, 1.82) is 0 Å². The van der Waals surface area contributed by atoms with Crippen molar-refractivity contribution in [3.05, 3.63) is 29.8 Å². The molecule has 1 aliphatic rings. The minimum atomic E-state index is -4.56. The highest BCUT2D eigenvalue weighted by molar-refractivity contribution is 6.34. The summed E-state index contributed by atoms with van der Waals surface area (Å²) in [5, 5.41) is 1.82. The van der Waals surface area contributed by atoms with E-state index in [2.05, 4.69) is 0 Å². The smallest absolute Gasteiger partial charge is 0.299 e. The van der Waals surface area contributed by atoms with Crippen molar-refractivity contribution >= 4 is 29.3 Å². The van der Waals surface area contributed by atoms with Gasteiger partial charge in [0.15, 0.2) is 11.7 Å². The van der Waals surface area contributed by atoms with Crippen molar-refractivity contribution in [2.24, 2.45) is 5.92 Å². The van der Waals surface area contributed by atoms with Gasteiger partial charge in [-0.1, -0.05) is 0 Å². The number of nitrogens with zero attached hydrogens (tertiary/aromatic N) is 1. The van der Waals surface area contributed by atoms with Crippen LogP contribution in [0.25, 0.3) is 0 Å². The van der Waals surface area contributed by atoms with Crippen molar-refractivity contribution in [1.82, 2.24) is 5.32 Å². The van der Waals surface area contributed by atoms with Gasteiger partial charge in [-0.25, -0.2) is 9.69 Å². The predicted molar refractivity (Wildman–Crippen MR) is 66.6 cm³/mol. The van der Waals surface area contributed by atoms with Gasteiger partial charge in [-0.15, -0.1) is 0 Å². The fourth-order valence-corrected chi connectivity index (χ4v) is 1.98. The van der Waals surface area contributed by atoms with Crippen LogP contribution in [0.2, 0.25) is 0 Å². The zero-order valence-electron chi connectivity index (χ0n) is 11.1. The standard InChI is InChI=1S/C13H9F3N2O4/c1-6(19)9-10(20)17-12(22)18(11(9)21)8-4-2-7(3-5-8)13(14,15)16/h2-5,9H,1H3,(H,17,20,22). The van der Waals surface area contributed by atoms with Gasteiger partial charge in [0.1, 0.15) is 0 Å². The minimum Gasteiger partial charge on any atom is -0.299 e. The van der Waals surface area contributed by atoms with Gasteiger partial charge >= 0.3 is 12.2 Å². The van der Waals surface area contributed by atoms with E-state index in [4.69, 9.17) is 0 Å². The molecule has 1 saturated heterocycles. The van der Waals surface area contributed by atoms with Gasteiger partial charge in [0.25, 0.3) is 5.91 Å². The Labute approximate surface area is 121 Å². The average molecular weight is 314 g/mol. The Kier molecular flexibility index (Phi) is 3.74. The monoisotopic (exact) mass is 314 g/mol. The lowest BCUT2D eigenvalue weighted by Gasteiger charge is -2.29. The number of benzene rings is 1. The van der Waals surface area contributed by atoms with Gasteiger partial charge < -0.3 is 0 Å². The van der Waals surface area contributed by atoms with Crippen LogP contribution in [0, 0.1) is 5.92 Å². The molecule has 0 radical (unpaired) electrons. The summed E-state index contributed by atoms with van der Waals surface area (Å²) in [6.45, 7) is 1.00. The zero-order valence-corrected chi connectivity index (χ0v) is 11.1. The van der Waals surface area contributed by atoms with E-state index < -0.39 is 41.3 Å². The van der Waals surface area contributed by atoms with Crippen LogP contribution in [0.3, 0.4) is 0 Å². The molecule has 1 fully saturated rings. The predicted octanol–water partition coefficient (Wildman–Crippen LogP) is 1.49. The molecule has 1 aromatic rings. The topological polar surface area (TPSA) is 83.6 Å². The molecule has 1 aliphatic heterocycles. The van der Waals surface area contributed by atoms with Crippen molar-refractivity contribution < 1.29 is 32.3 Å². The lowest BCUT2D eigenvalue weighted by Crippen LogP contribution is -2.59. The van der Waals surface area contributed by atoms with Crippen LogP contribution in [-0.2, 0) is 20.6 Å². The number of amides is 4. The first kappa shape index (κ1) is 15.7. The second-order valence-electron chi connectivity index (χ2n) is 4.56. The van der Waals surface area contributed by atoms with Crippen molar-refractivity contribution in [3.8, 4) is 0 Å². The van der Waals surface area contributed by atoms with Crippen LogP contribution in [0.15, 0.2) is 24.3 Å². The van der Waals surface area contributed by atoms with E-state index in [0.29, 0.717) is 17.0 Å². The molecule has 0 spiro atoms. The van der Waals surface area contributed by atoms with Crippen molar-refractivity contribution in [2.45, 2.75) is 13.1 Å². The molecular weight excluding hydrogens is 305 g/mol. The summed E-state index contributed by atoms with van der Waals surface area (Å²) in [6.07, 6.45) is -4.56. The van der Waals surface area contributed by atoms with Crippen LogP contribution >= 0.6 is 0 Å². The molecule has 1 N–H and O–H groups in total. The van der Waals surface area contributed by atoms with Gasteiger partial charge in [-0.2, -0.15) is 13.2 Å². The Hall–Kier alpha value is -2.71. The summed E-state index contributed by atoms with van der Waals surface area (Å²) >= 11 is 0. The first-order valence-electron chi connectivity index (χ1n) is 5.99. The van der Waals surface area contributed by atoms with E-state index in [1.807, 2.05) is 5.32 Å². The second kappa shape index (κ2) is 5.24. The summed E-state index contributed by atoms with van der Waals surface area (Å²) in [7, 11) is 0. The van der Waals surface area contributed by atoms with E-state index in [9.17, 15) is 32.3 Å². The maximum atomic E-state index is 12.5. The number of imide groups is 2. The average Bonchev–Trinajstić information content (AvgIpc) is 2.37.